The molecule has 0 unspecified atom stereocenters. The zero-order chi connectivity index (χ0) is 15.8. The van der Waals surface area contributed by atoms with Crippen molar-refractivity contribution in [3.8, 4) is 0 Å². The number of nitrogens with two attached hydrogens (primary N) is 1. The summed E-state index contributed by atoms with van der Waals surface area (Å²) in [6.07, 6.45) is 2.95. The number of anilines is 1. The SMILES string of the molecule is CCC1(C)CCN(S(=O)(=O)c2c(C)cc(N)cc2C)CC1. The van der Waals surface area contributed by atoms with E-state index in [0.717, 1.165) is 30.4 Å². The molecule has 1 saturated heterocycles. The number of sulfonamides is 1. The van der Waals surface area contributed by atoms with Gasteiger partial charge in [0.05, 0.1) is 4.90 Å². The summed E-state index contributed by atoms with van der Waals surface area (Å²) in [5, 5.41) is 0. The van der Waals surface area contributed by atoms with Crippen LogP contribution in [0, 0.1) is 19.3 Å². The fraction of sp³-hybridized carbons (Fsp3) is 0.625. The standard InChI is InChI=1S/C16H26N2O2S/c1-5-16(4)6-8-18(9-7-16)21(19,20)15-12(2)10-14(17)11-13(15)3/h10-11H,5-9,17H2,1-4H3. The fourth-order valence-electron chi connectivity index (χ4n) is 3.14. The van der Waals surface area contributed by atoms with E-state index in [4.69, 9.17) is 5.73 Å². The first kappa shape index (κ1) is 16.3. The molecular weight excluding hydrogens is 284 g/mol. The minimum absolute atomic E-state index is 0.275. The van der Waals surface area contributed by atoms with Gasteiger partial charge in [-0.2, -0.15) is 4.31 Å². The van der Waals surface area contributed by atoms with Crippen LogP contribution in [0.4, 0.5) is 5.69 Å². The molecule has 0 radical (unpaired) electrons. The first-order chi connectivity index (χ1) is 9.69. The van der Waals surface area contributed by atoms with Crippen LogP contribution in [0.5, 0.6) is 0 Å². The van der Waals surface area contributed by atoms with Crippen LogP contribution in [0.1, 0.15) is 44.2 Å². The quantitative estimate of drug-likeness (QED) is 0.873. The van der Waals surface area contributed by atoms with Gasteiger partial charge >= 0.3 is 0 Å². The highest BCUT2D eigenvalue weighted by Gasteiger charge is 2.35. The summed E-state index contributed by atoms with van der Waals surface area (Å²) in [4.78, 5) is 0.428. The molecule has 2 N–H and O–H groups in total. The number of aryl methyl sites for hydroxylation is 2. The molecule has 1 aliphatic heterocycles. The van der Waals surface area contributed by atoms with Crippen molar-refractivity contribution < 1.29 is 8.42 Å². The molecule has 2 rings (SSSR count). The normalized spacial score (nSPS) is 19.6. The lowest BCUT2D eigenvalue weighted by Gasteiger charge is -2.38. The summed E-state index contributed by atoms with van der Waals surface area (Å²) in [5.74, 6) is 0. The van der Waals surface area contributed by atoms with Crippen molar-refractivity contribution in [3.63, 3.8) is 0 Å². The second-order valence-corrected chi connectivity index (χ2v) is 8.43. The second-order valence-electron chi connectivity index (χ2n) is 6.55. The number of nitrogen functional groups attached to an aromatic ring is 1. The van der Waals surface area contributed by atoms with Crippen LogP contribution in [0.25, 0.3) is 0 Å². The molecule has 0 bridgehead atoms. The Hall–Kier alpha value is -1.07. The van der Waals surface area contributed by atoms with Gasteiger partial charge in [0.25, 0.3) is 0 Å². The Morgan fingerprint density at radius 2 is 1.67 bits per heavy atom. The molecule has 118 valence electrons. The largest absolute Gasteiger partial charge is 0.399 e. The van der Waals surface area contributed by atoms with Gasteiger partial charge in [0.15, 0.2) is 0 Å². The third-order valence-electron chi connectivity index (χ3n) is 4.86. The Labute approximate surface area is 128 Å². The van der Waals surface area contributed by atoms with E-state index in [1.54, 1.807) is 16.4 Å². The van der Waals surface area contributed by atoms with Crippen LogP contribution in [-0.4, -0.2) is 25.8 Å². The predicted octanol–water partition coefficient (Wildman–Crippen LogP) is 3.09. The minimum atomic E-state index is -3.42. The van der Waals surface area contributed by atoms with Crippen molar-refractivity contribution in [1.82, 2.24) is 4.31 Å². The lowest BCUT2D eigenvalue weighted by Crippen LogP contribution is -2.42. The molecule has 0 atom stereocenters. The molecule has 0 saturated carbocycles. The highest BCUT2D eigenvalue weighted by Crippen LogP contribution is 2.36. The van der Waals surface area contributed by atoms with Gasteiger partial charge in [-0.05, 0) is 55.4 Å². The van der Waals surface area contributed by atoms with E-state index < -0.39 is 10.0 Å². The molecule has 1 heterocycles. The Kier molecular flexibility index (Phi) is 4.36. The van der Waals surface area contributed by atoms with Crippen molar-refractivity contribution in [2.75, 3.05) is 18.8 Å². The first-order valence-corrected chi connectivity index (χ1v) is 9.00. The van der Waals surface area contributed by atoms with E-state index in [2.05, 4.69) is 13.8 Å². The Balaban J connectivity index is 2.33. The first-order valence-electron chi connectivity index (χ1n) is 7.56. The van der Waals surface area contributed by atoms with Gasteiger partial charge in [-0.15, -0.1) is 0 Å². The summed E-state index contributed by atoms with van der Waals surface area (Å²) in [6.45, 7) is 9.27. The smallest absolute Gasteiger partial charge is 0.243 e. The van der Waals surface area contributed by atoms with Gasteiger partial charge < -0.3 is 5.73 Å². The summed E-state index contributed by atoms with van der Waals surface area (Å²) in [5.41, 5.74) is 8.15. The maximum atomic E-state index is 12.9. The third kappa shape index (κ3) is 3.09. The van der Waals surface area contributed by atoms with E-state index in [-0.39, 0.29) is 5.41 Å². The summed E-state index contributed by atoms with van der Waals surface area (Å²) < 4.78 is 27.5. The van der Waals surface area contributed by atoms with Gasteiger partial charge in [0, 0.05) is 18.8 Å². The van der Waals surface area contributed by atoms with Gasteiger partial charge in [0.2, 0.25) is 10.0 Å². The van der Waals surface area contributed by atoms with Crippen LogP contribution in [-0.2, 0) is 10.0 Å². The average molecular weight is 310 g/mol. The molecule has 1 aliphatic rings. The van der Waals surface area contributed by atoms with E-state index in [1.807, 2.05) is 13.8 Å². The number of hydrogen-bond acceptors (Lipinski definition) is 3. The maximum Gasteiger partial charge on any atom is 0.243 e. The van der Waals surface area contributed by atoms with Crippen LogP contribution in [0.3, 0.4) is 0 Å². The fourth-order valence-corrected chi connectivity index (χ4v) is 4.99. The lowest BCUT2D eigenvalue weighted by molar-refractivity contribution is 0.169. The van der Waals surface area contributed by atoms with E-state index in [0.29, 0.717) is 23.7 Å². The molecule has 0 amide bonds. The van der Waals surface area contributed by atoms with Crippen molar-refractivity contribution in [1.29, 1.82) is 0 Å². The number of nitrogens with zero attached hydrogens (tertiary/aromatic N) is 1. The van der Waals surface area contributed by atoms with Crippen molar-refractivity contribution in [2.45, 2.75) is 51.9 Å². The molecule has 0 aromatic heterocycles. The molecule has 21 heavy (non-hydrogen) atoms. The molecular formula is C16H26N2O2S. The second kappa shape index (κ2) is 5.61. The Morgan fingerprint density at radius 1 is 1.19 bits per heavy atom. The van der Waals surface area contributed by atoms with Crippen LogP contribution < -0.4 is 5.73 Å². The molecule has 0 spiro atoms. The number of benzene rings is 1. The summed E-state index contributed by atoms with van der Waals surface area (Å²) >= 11 is 0. The van der Waals surface area contributed by atoms with E-state index in [9.17, 15) is 8.42 Å². The molecule has 5 heteroatoms. The third-order valence-corrected chi connectivity index (χ3v) is 7.07. The number of piperidine rings is 1. The van der Waals surface area contributed by atoms with Crippen molar-refractivity contribution in [3.05, 3.63) is 23.3 Å². The monoisotopic (exact) mass is 310 g/mol. The maximum absolute atomic E-state index is 12.9. The summed E-state index contributed by atoms with van der Waals surface area (Å²) in [6, 6.07) is 3.47. The highest BCUT2D eigenvalue weighted by molar-refractivity contribution is 7.89. The predicted molar refractivity (Wildman–Crippen MR) is 86.7 cm³/mol. The van der Waals surface area contributed by atoms with Gasteiger partial charge in [-0.1, -0.05) is 20.3 Å². The highest BCUT2D eigenvalue weighted by atomic mass is 32.2. The van der Waals surface area contributed by atoms with Crippen LogP contribution in [0.2, 0.25) is 0 Å². The lowest BCUT2D eigenvalue weighted by atomic mass is 9.79. The molecule has 1 fully saturated rings. The Bertz CT molecular complexity index is 607. The minimum Gasteiger partial charge on any atom is -0.399 e. The van der Waals surface area contributed by atoms with Crippen LogP contribution >= 0.6 is 0 Å². The van der Waals surface area contributed by atoms with Crippen LogP contribution in [0.15, 0.2) is 17.0 Å². The van der Waals surface area contributed by atoms with Crippen molar-refractivity contribution >= 4 is 15.7 Å². The van der Waals surface area contributed by atoms with E-state index >= 15 is 0 Å². The van der Waals surface area contributed by atoms with Crippen molar-refractivity contribution in [2.24, 2.45) is 5.41 Å². The number of rotatable bonds is 3. The van der Waals surface area contributed by atoms with Gasteiger partial charge in [-0.3, -0.25) is 0 Å². The molecule has 4 nitrogen and oxygen atoms in total. The Morgan fingerprint density at radius 3 is 2.10 bits per heavy atom. The summed E-state index contributed by atoms with van der Waals surface area (Å²) in [7, 11) is -3.42. The van der Waals surface area contributed by atoms with Gasteiger partial charge in [0.1, 0.15) is 0 Å². The number of hydrogen-bond donors (Lipinski definition) is 1. The average Bonchev–Trinajstić information content (AvgIpc) is 2.37. The van der Waals surface area contributed by atoms with Gasteiger partial charge in [-0.25, -0.2) is 8.42 Å². The zero-order valence-corrected chi connectivity index (χ0v) is 14.3. The van der Waals surface area contributed by atoms with E-state index in [1.165, 1.54) is 0 Å². The molecule has 1 aromatic rings. The zero-order valence-electron chi connectivity index (χ0n) is 13.4. The molecule has 0 aliphatic carbocycles. The molecule has 1 aromatic carbocycles. The topological polar surface area (TPSA) is 63.4 Å².